The zero-order valence-electron chi connectivity index (χ0n) is 14.3. The smallest absolute Gasteiger partial charge is 0.264 e. The first-order chi connectivity index (χ1) is 11.9. The third-order valence-corrected chi connectivity index (χ3v) is 4.84. The molecule has 0 N–H and O–H groups in total. The number of rotatable bonds is 8. The van der Waals surface area contributed by atoms with Gasteiger partial charge in [0.05, 0.1) is 26.6 Å². The van der Waals surface area contributed by atoms with Crippen LogP contribution in [0, 0.1) is 0 Å². The zero-order chi connectivity index (χ0) is 18.1. The molecule has 0 saturated carbocycles. The summed E-state index contributed by atoms with van der Waals surface area (Å²) in [5.74, 6) is 0.758. The van der Waals surface area contributed by atoms with Crippen LogP contribution in [0.5, 0.6) is 5.75 Å². The minimum atomic E-state index is -3.61. The van der Waals surface area contributed by atoms with Crippen molar-refractivity contribution < 1.29 is 36.3 Å². The molecule has 2 bridgehead atoms. The van der Waals surface area contributed by atoms with Crippen molar-refractivity contribution in [3.05, 3.63) is 29.8 Å². The van der Waals surface area contributed by atoms with Gasteiger partial charge in [0.15, 0.2) is 6.29 Å². The van der Waals surface area contributed by atoms with Gasteiger partial charge in [0, 0.05) is 7.11 Å². The summed E-state index contributed by atoms with van der Waals surface area (Å²) < 4.78 is 55.6. The van der Waals surface area contributed by atoms with Crippen LogP contribution in [0.1, 0.15) is 5.56 Å². The lowest BCUT2D eigenvalue weighted by molar-refractivity contribution is -0.240. The van der Waals surface area contributed by atoms with Gasteiger partial charge in [-0.3, -0.25) is 4.18 Å². The molecule has 2 aliphatic heterocycles. The Morgan fingerprint density at radius 2 is 1.96 bits per heavy atom. The van der Waals surface area contributed by atoms with Crippen LogP contribution in [0.4, 0.5) is 0 Å². The highest BCUT2D eigenvalue weighted by molar-refractivity contribution is 7.85. The Labute approximate surface area is 147 Å². The predicted octanol–water partition coefficient (Wildman–Crippen LogP) is 0.697. The van der Waals surface area contributed by atoms with Crippen LogP contribution in [0.2, 0.25) is 0 Å². The quantitative estimate of drug-likeness (QED) is 0.614. The maximum Gasteiger partial charge on any atom is 0.264 e. The average molecular weight is 374 g/mol. The second kappa shape index (κ2) is 7.18. The molecule has 0 spiro atoms. The fraction of sp³-hybridized carbons (Fsp3) is 0.625. The second-order valence-corrected chi connectivity index (χ2v) is 7.75. The van der Waals surface area contributed by atoms with Crippen LogP contribution in [-0.2, 0) is 39.9 Å². The summed E-state index contributed by atoms with van der Waals surface area (Å²) in [7, 11) is -0.505. The molecule has 0 aromatic heterocycles. The van der Waals surface area contributed by atoms with Crippen molar-refractivity contribution in [2.45, 2.75) is 30.7 Å². The fourth-order valence-corrected chi connectivity index (χ4v) is 3.44. The van der Waals surface area contributed by atoms with E-state index in [0.717, 1.165) is 17.6 Å². The molecule has 140 valence electrons. The summed E-state index contributed by atoms with van der Waals surface area (Å²) in [5.41, 5.74) is -0.0683. The molecule has 2 saturated heterocycles. The molecule has 2 aliphatic rings. The second-order valence-electron chi connectivity index (χ2n) is 6.11. The summed E-state index contributed by atoms with van der Waals surface area (Å²) in [5, 5.41) is 0. The number of benzene rings is 1. The van der Waals surface area contributed by atoms with Crippen molar-refractivity contribution in [2.75, 3.05) is 33.7 Å². The number of fused-ring (bicyclic) bond motifs is 2. The molecule has 0 amide bonds. The Kier molecular flexibility index (Phi) is 5.33. The lowest BCUT2D eigenvalue weighted by Gasteiger charge is -2.30. The summed E-state index contributed by atoms with van der Waals surface area (Å²) >= 11 is 0. The van der Waals surface area contributed by atoms with Crippen LogP contribution in [0.15, 0.2) is 24.3 Å². The summed E-state index contributed by atoms with van der Waals surface area (Å²) in [6.45, 7) is 0.310. The van der Waals surface area contributed by atoms with Gasteiger partial charge in [0.25, 0.3) is 10.1 Å². The van der Waals surface area contributed by atoms with E-state index < -0.39 is 34.2 Å². The van der Waals surface area contributed by atoms with Crippen molar-refractivity contribution in [3.63, 3.8) is 0 Å². The van der Waals surface area contributed by atoms with Crippen LogP contribution < -0.4 is 4.74 Å². The first-order valence-electron chi connectivity index (χ1n) is 7.78. The third-order valence-electron chi connectivity index (χ3n) is 4.29. The summed E-state index contributed by atoms with van der Waals surface area (Å²) in [4.78, 5) is 0. The highest BCUT2D eigenvalue weighted by Crippen LogP contribution is 2.43. The zero-order valence-corrected chi connectivity index (χ0v) is 15.2. The van der Waals surface area contributed by atoms with Crippen molar-refractivity contribution in [2.24, 2.45) is 0 Å². The van der Waals surface area contributed by atoms with Gasteiger partial charge in [-0.2, -0.15) is 8.42 Å². The molecule has 8 nitrogen and oxygen atoms in total. The predicted molar refractivity (Wildman–Crippen MR) is 86.7 cm³/mol. The van der Waals surface area contributed by atoms with E-state index in [2.05, 4.69) is 0 Å². The molecule has 0 unspecified atom stereocenters. The van der Waals surface area contributed by atoms with E-state index in [1.807, 2.05) is 24.3 Å². The third kappa shape index (κ3) is 3.97. The lowest BCUT2D eigenvalue weighted by Crippen LogP contribution is -2.47. The molecule has 4 atom stereocenters. The molecular formula is C16H22O8S. The molecule has 9 heteroatoms. The molecule has 0 radical (unpaired) electrons. The number of methoxy groups -OCH3 is 2. The molecule has 1 aromatic rings. The van der Waals surface area contributed by atoms with E-state index in [1.165, 1.54) is 7.11 Å². The molecular weight excluding hydrogens is 352 g/mol. The molecule has 2 fully saturated rings. The normalized spacial score (nSPS) is 31.4. The topological polar surface area (TPSA) is 89.5 Å². The van der Waals surface area contributed by atoms with E-state index in [-0.39, 0.29) is 13.2 Å². The van der Waals surface area contributed by atoms with E-state index in [4.69, 9.17) is 27.9 Å². The van der Waals surface area contributed by atoms with Crippen LogP contribution in [0.3, 0.4) is 0 Å². The van der Waals surface area contributed by atoms with Gasteiger partial charge in [-0.05, 0) is 17.7 Å². The molecule has 3 rings (SSSR count). The highest BCUT2D eigenvalue weighted by Gasteiger charge is 2.63. The highest BCUT2D eigenvalue weighted by atomic mass is 32.2. The number of hydrogen-bond acceptors (Lipinski definition) is 8. The van der Waals surface area contributed by atoms with Crippen LogP contribution in [0.25, 0.3) is 0 Å². The van der Waals surface area contributed by atoms with Gasteiger partial charge >= 0.3 is 0 Å². The summed E-state index contributed by atoms with van der Waals surface area (Å²) in [6.07, 6.45) is -0.571. The minimum absolute atomic E-state index is 0.181. The van der Waals surface area contributed by atoms with E-state index in [9.17, 15) is 8.42 Å². The monoisotopic (exact) mass is 374 g/mol. The van der Waals surface area contributed by atoms with Crippen molar-refractivity contribution >= 4 is 10.1 Å². The number of ether oxygens (including phenoxy) is 5. The SMILES string of the molecule is COc1ccc(CO[C@@H]2[C@H]3OC[C@@]2(COS(C)(=O)=O)O[C@H]3OC)cc1. The molecule has 2 heterocycles. The lowest BCUT2D eigenvalue weighted by atomic mass is 10.0. The molecule has 0 aliphatic carbocycles. The Hall–Kier alpha value is -1.23. The Balaban J connectivity index is 1.70. The minimum Gasteiger partial charge on any atom is -0.497 e. The van der Waals surface area contributed by atoms with Gasteiger partial charge in [-0.25, -0.2) is 0 Å². The Bertz CT molecular complexity index is 689. The standard InChI is InChI=1S/C16H22O8S/c1-19-12-6-4-11(5-7-12)8-21-14-13-15(20-2)24-16(14,9-22-13)10-23-25(3,17)18/h4-7,13-15H,8-10H2,1-3H3/t13-,14-,15-,16+/m1/s1. The van der Waals surface area contributed by atoms with E-state index in [0.29, 0.717) is 6.61 Å². The van der Waals surface area contributed by atoms with Crippen molar-refractivity contribution in [1.29, 1.82) is 0 Å². The van der Waals surface area contributed by atoms with Gasteiger partial charge in [0.1, 0.15) is 30.2 Å². The van der Waals surface area contributed by atoms with Gasteiger partial charge in [0.2, 0.25) is 0 Å². The maximum atomic E-state index is 11.4. The van der Waals surface area contributed by atoms with Crippen LogP contribution >= 0.6 is 0 Å². The fourth-order valence-electron chi connectivity index (χ4n) is 3.03. The van der Waals surface area contributed by atoms with E-state index in [1.54, 1.807) is 7.11 Å². The van der Waals surface area contributed by atoms with Gasteiger partial charge in [-0.15, -0.1) is 0 Å². The molecule has 1 aromatic carbocycles. The summed E-state index contributed by atoms with van der Waals surface area (Å²) in [6, 6.07) is 7.47. The first-order valence-corrected chi connectivity index (χ1v) is 9.60. The maximum absolute atomic E-state index is 11.4. The van der Waals surface area contributed by atoms with Gasteiger partial charge < -0.3 is 23.7 Å². The first kappa shape index (κ1) is 18.6. The van der Waals surface area contributed by atoms with Crippen molar-refractivity contribution in [1.82, 2.24) is 0 Å². The Morgan fingerprint density at radius 3 is 2.56 bits per heavy atom. The van der Waals surface area contributed by atoms with Crippen LogP contribution in [-0.4, -0.2) is 66.2 Å². The van der Waals surface area contributed by atoms with Crippen molar-refractivity contribution in [3.8, 4) is 5.75 Å². The largest absolute Gasteiger partial charge is 0.497 e. The van der Waals surface area contributed by atoms with E-state index >= 15 is 0 Å². The molecule has 25 heavy (non-hydrogen) atoms. The Morgan fingerprint density at radius 1 is 1.24 bits per heavy atom. The average Bonchev–Trinajstić information content (AvgIpc) is 3.10. The van der Waals surface area contributed by atoms with Gasteiger partial charge in [-0.1, -0.05) is 12.1 Å². The number of hydrogen-bond donors (Lipinski definition) is 0.